The van der Waals surface area contributed by atoms with Crippen LogP contribution in [0.4, 0.5) is 0 Å². The predicted molar refractivity (Wildman–Crippen MR) is 91.6 cm³/mol. The molecule has 0 amide bonds. The van der Waals surface area contributed by atoms with E-state index in [0.717, 1.165) is 28.3 Å². The number of hydrogen-bond donors (Lipinski definition) is 0. The van der Waals surface area contributed by atoms with Crippen LogP contribution < -0.4 is 4.74 Å². The maximum absolute atomic E-state index is 6.44. The van der Waals surface area contributed by atoms with Gasteiger partial charge in [0.05, 0.1) is 0 Å². The minimum Gasteiger partial charge on any atom is -0.489 e. The lowest BCUT2D eigenvalue weighted by molar-refractivity contribution is 0.282. The number of ether oxygens (including phenoxy) is 1. The SMILES string of the molecule is [CH2]C1Cc2cc(C3CCCC3)cc(-c3ccccc3Cl)c2O1. The third-order valence-electron chi connectivity index (χ3n) is 4.91. The van der Waals surface area contributed by atoms with Crippen LogP contribution in [0.3, 0.4) is 0 Å². The minimum atomic E-state index is 0.00932. The molecule has 1 saturated carbocycles. The first kappa shape index (κ1) is 14.1. The van der Waals surface area contributed by atoms with Crippen molar-refractivity contribution in [2.45, 2.75) is 44.1 Å². The molecular formula is C20H20ClO. The van der Waals surface area contributed by atoms with E-state index < -0.39 is 0 Å². The van der Waals surface area contributed by atoms with Crippen LogP contribution in [0.2, 0.25) is 5.02 Å². The maximum Gasteiger partial charge on any atom is 0.130 e. The second kappa shape index (κ2) is 5.62. The Morgan fingerprint density at radius 3 is 2.59 bits per heavy atom. The summed E-state index contributed by atoms with van der Waals surface area (Å²) < 4.78 is 6.00. The van der Waals surface area contributed by atoms with Crippen molar-refractivity contribution in [2.75, 3.05) is 0 Å². The van der Waals surface area contributed by atoms with Gasteiger partial charge in [-0.1, -0.05) is 48.7 Å². The van der Waals surface area contributed by atoms with Crippen LogP contribution in [-0.4, -0.2) is 6.10 Å². The van der Waals surface area contributed by atoms with Crippen LogP contribution in [-0.2, 0) is 6.42 Å². The Kier molecular flexibility index (Phi) is 3.62. The van der Waals surface area contributed by atoms with Crippen molar-refractivity contribution in [3.63, 3.8) is 0 Å². The van der Waals surface area contributed by atoms with Crippen molar-refractivity contribution < 1.29 is 4.74 Å². The van der Waals surface area contributed by atoms with Gasteiger partial charge in [-0.2, -0.15) is 0 Å². The minimum absolute atomic E-state index is 0.00932. The number of hydrogen-bond acceptors (Lipinski definition) is 1. The number of fused-ring (bicyclic) bond motifs is 1. The van der Waals surface area contributed by atoms with Gasteiger partial charge in [0.25, 0.3) is 0 Å². The zero-order chi connectivity index (χ0) is 15.1. The van der Waals surface area contributed by atoms with Crippen LogP contribution in [0.25, 0.3) is 11.1 Å². The molecule has 0 bridgehead atoms. The van der Waals surface area contributed by atoms with Crippen LogP contribution in [0.1, 0.15) is 42.7 Å². The molecule has 1 radical (unpaired) electrons. The zero-order valence-electron chi connectivity index (χ0n) is 12.6. The fourth-order valence-corrected chi connectivity index (χ4v) is 4.07. The average molecular weight is 312 g/mol. The Bertz CT molecular complexity index is 701. The van der Waals surface area contributed by atoms with Crippen molar-refractivity contribution in [1.82, 2.24) is 0 Å². The third kappa shape index (κ3) is 2.42. The summed E-state index contributed by atoms with van der Waals surface area (Å²) in [6, 6.07) is 12.7. The molecule has 1 fully saturated rings. The van der Waals surface area contributed by atoms with E-state index in [1.54, 1.807) is 0 Å². The second-order valence-electron chi connectivity index (χ2n) is 6.46. The Hall–Kier alpha value is -1.47. The van der Waals surface area contributed by atoms with Crippen LogP contribution in [0.15, 0.2) is 36.4 Å². The van der Waals surface area contributed by atoms with Gasteiger partial charge in [-0.15, -0.1) is 0 Å². The number of halogens is 1. The Labute approximate surface area is 137 Å². The summed E-state index contributed by atoms with van der Waals surface area (Å²) in [5, 5.41) is 0.782. The van der Waals surface area contributed by atoms with Crippen molar-refractivity contribution in [1.29, 1.82) is 0 Å². The van der Waals surface area contributed by atoms with Crippen LogP contribution in [0, 0.1) is 6.92 Å². The quantitative estimate of drug-likeness (QED) is 0.681. The van der Waals surface area contributed by atoms with Gasteiger partial charge in [0.2, 0.25) is 0 Å². The van der Waals surface area contributed by atoms with Crippen LogP contribution in [0.5, 0.6) is 5.75 Å². The molecule has 0 spiro atoms. The van der Waals surface area contributed by atoms with Gasteiger partial charge in [0.1, 0.15) is 11.9 Å². The third-order valence-corrected chi connectivity index (χ3v) is 5.24. The highest BCUT2D eigenvalue weighted by Crippen LogP contribution is 2.45. The molecule has 2 aliphatic rings. The molecular weight excluding hydrogens is 292 g/mol. The van der Waals surface area contributed by atoms with E-state index in [-0.39, 0.29) is 6.10 Å². The van der Waals surface area contributed by atoms with Crippen LogP contribution >= 0.6 is 11.6 Å². The van der Waals surface area contributed by atoms with Crippen molar-refractivity contribution in [3.8, 4) is 16.9 Å². The fraction of sp³-hybridized carbons (Fsp3) is 0.350. The summed E-state index contributed by atoms with van der Waals surface area (Å²) in [7, 11) is 0. The lowest BCUT2D eigenvalue weighted by atomic mass is 9.90. The molecule has 0 saturated heterocycles. The van der Waals surface area contributed by atoms with Gasteiger partial charge in [0.15, 0.2) is 0 Å². The molecule has 1 aliphatic carbocycles. The molecule has 2 aromatic rings. The first-order chi connectivity index (χ1) is 10.7. The average Bonchev–Trinajstić information content (AvgIpc) is 3.15. The highest BCUT2D eigenvalue weighted by atomic mass is 35.5. The molecule has 2 aromatic carbocycles. The van der Waals surface area contributed by atoms with E-state index in [1.807, 2.05) is 18.2 Å². The van der Waals surface area contributed by atoms with E-state index in [1.165, 1.54) is 36.8 Å². The Morgan fingerprint density at radius 1 is 1.05 bits per heavy atom. The summed E-state index contributed by atoms with van der Waals surface area (Å²) in [5.41, 5.74) is 4.94. The molecule has 1 heterocycles. The molecule has 22 heavy (non-hydrogen) atoms. The zero-order valence-corrected chi connectivity index (χ0v) is 13.4. The highest BCUT2D eigenvalue weighted by molar-refractivity contribution is 6.33. The number of benzene rings is 2. The van der Waals surface area contributed by atoms with Gasteiger partial charge in [0, 0.05) is 22.6 Å². The number of rotatable bonds is 2. The van der Waals surface area contributed by atoms with Gasteiger partial charge in [-0.3, -0.25) is 0 Å². The molecule has 113 valence electrons. The lowest BCUT2D eigenvalue weighted by Crippen LogP contribution is -2.06. The second-order valence-corrected chi connectivity index (χ2v) is 6.87. The first-order valence-electron chi connectivity index (χ1n) is 8.14. The summed E-state index contributed by atoms with van der Waals surface area (Å²) in [5.74, 6) is 1.67. The molecule has 0 N–H and O–H groups in total. The molecule has 1 unspecified atom stereocenters. The molecule has 0 aromatic heterocycles. The Balaban J connectivity index is 1.87. The molecule has 1 nitrogen and oxygen atoms in total. The van der Waals surface area contributed by atoms with Gasteiger partial charge < -0.3 is 4.74 Å². The molecule has 1 atom stereocenters. The standard InChI is InChI=1S/C20H20ClO/c1-13-10-16-11-15(14-6-2-3-7-14)12-18(20(16)22-13)17-8-4-5-9-19(17)21/h4-5,8-9,11-14H,1-3,6-7,10H2. The molecule has 2 heteroatoms. The molecule has 1 aliphatic heterocycles. The van der Waals surface area contributed by atoms with E-state index in [4.69, 9.17) is 16.3 Å². The lowest BCUT2D eigenvalue weighted by Gasteiger charge is -2.16. The normalized spacial score (nSPS) is 20.9. The largest absolute Gasteiger partial charge is 0.489 e. The smallest absolute Gasteiger partial charge is 0.130 e. The van der Waals surface area contributed by atoms with E-state index in [9.17, 15) is 0 Å². The van der Waals surface area contributed by atoms with Crippen molar-refractivity contribution >= 4 is 11.6 Å². The summed E-state index contributed by atoms with van der Waals surface area (Å²) in [6.07, 6.45) is 6.20. The Morgan fingerprint density at radius 2 is 1.82 bits per heavy atom. The topological polar surface area (TPSA) is 9.23 Å². The van der Waals surface area contributed by atoms with E-state index >= 15 is 0 Å². The first-order valence-corrected chi connectivity index (χ1v) is 8.51. The predicted octanol–water partition coefficient (Wildman–Crippen LogP) is 5.80. The van der Waals surface area contributed by atoms with Crippen molar-refractivity contribution in [3.05, 3.63) is 59.5 Å². The van der Waals surface area contributed by atoms with Crippen molar-refractivity contribution in [2.24, 2.45) is 0 Å². The monoisotopic (exact) mass is 311 g/mol. The maximum atomic E-state index is 6.44. The summed E-state index contributed by atoms with van der Waals surface area (Å²) in [6.45, 7) is 4.08. The van der Waals surface area contributed by atoms with E-state index in [2.05, 4.69) is 25.1 Å². The fourth-order valence-electron chi connectivity index (χ4n) is 3.83. The van der Waals surface area contributed by atoms with Gasteiger partial charge in [-0.25, -0.2) is 0 Å². The van der Waals surface area contributed by atoms with E-state index in [0.29, 0.717) is 5.92 Å². The highest BCUT2D eigenvalue weighted by Gasteiger charge is 2.27. The van der Waals surface area contributed by atoms with Gasteiger partial charge in [-0.05, 0) is 48.9 Å². The summed E-state index contributed by atoms with van der Waals surface area (Å²) in [4.78, 5) is 0. The summed E-state index contributed by atoms with van der Waals surface area (Å²) >= 11 is 6.44. The van der Waals surface area contributed by atoms with Gasteiger partial charge >= 0.3 is 0 Å². The molecule has 4 rings (SSSR count).